The lowest BCUT2D eigenvalue weighted by atomic mass is 10.1. The topological polar surface area (TPSA) is 41.5 Å². The Labute approximate surface area is 128 Å². The normalized spacial score (nSPS) is 20.4. The Morgan fingerprint density at radius 2 is 1.86 bits per heavy atom. The maximum absolute atomic E-state index is 12.0. The molecule has 0 heterocycles. The first-order chi connectivity index (χ1) is 10.3. The molecular weight excluding hydrogens is 284 g/mol. The van der Waals surface area contributed by atoms with Gasteiger partial charge in [-0.15, -0.1) is 0 Å². The molecule has 106 valence electrons. The van der Waals surface area contributed by atoms with E-state index in [0.717, 1.165) is 12.0 Å². The molecule has 0 bridgehead atoms. The van der Waals surface area contributed by atoms with Gasteiger partial charge in [0.1, 0.15) is 0 Å². The molecule has 4 heteroatoms. The van der Waals surface area contributed by atoms with Gasteiger partial charge in [-0.1, -0.05) is 60.1 Å². The van der Waals surface area contributed by atoms with E-state index in [4.69, 9.17) is 11.6 Å². The van der Waals surface area contributed by atoms with Crippen LogP contribution in [-0.4, -0.2) is 12.1 Å². The average molecular weight is 299 g/mol. The van der Waals surface area contributed by atoms with Crippen LogP contribution in [0.5, 0.6) is 0 Å². The lowest BCUT2D eigenvalue weighted by molar-refractivity contribution is -0.122. The summed E-state index contributed by atoms with van der Waals surface area (Å²) in [6, 6.07) is 17.5. The molecular formula is C17H15ClN2O. The molecule has 0 aliphatic heterocycles. The van der Waals surface area contributed by atoms with E-state index in [-0.39, 0.29) is 11.8 Å². The van der Waals surface area contributed by atoms with Crippen molar-refractivity contribution in [3.63, 3.8) is 0 Å². The molecule has 3 nitrogen and oxygen atoms in total. The second-order valence-corrected chi connectivity index (χ2v) is 5.52. The molecule has 2 aromatic rings. The van der Waals surface area contributed by atoms with Crippen LogP contribution in [0.2, 0.25) is 5.02 Å². The van der Waals surface area contributed by atoms with Crippen LogP contribution in [0.1, 0.15) is 23.5 Å². The fourth-order valence-corrected chi connectivity index (χ4v) is 2.57. The monoisotopic (exact) mass is 298 g/mol. The Bertz CT molecular complexity index is 670. The van der Waals surface area contributed by atoms with E-state index in [1.807, 2.05) is 36.4 Å². The Balaban J connectivity index is 1.56. The smallest absolute Gasteiger partial charge is 0.243 e. The molecule has 1 N–H and O–H groups in total. The molecule has 1 fully saturated rings. The summed E-state index contributed by atoms with van der Waals surface area (Å²) < 4.78 is 0. The quantitative estimate of drug-likeness (QED) is 0.680. The minimum absolute atomic E-state index is 0.0239. The molecule has 1 saturated carbocycles. The lowest BCUT2D eigenvalue weighted by Gasteiger charge is -2.00. The van der Waals surface area contributed by atoms with Crippen LogP contribution in [-0.2, 0) is 4.79 Å². The second kappa shape index (κ2) is 6.10. The van der Waals surface area contributed by atoms with E-state index in [0.29, 0.717) is 10.9 Å². The maximum atomic E-state index is 12.0. The van der Waals surface area contributed by atoms with Gasteiger partial charge in [0.2, 0.25) is 5.91 Å². The zero-order valence-corrected chi connectivity index (χ0v) is 12.1. The van der Waals surface area contributed by atoms with Crippen molar-refractivity contribution in [2.75, 3.05) is 0 Å². The third-order valence-corrected chi connectivity index (χ3v) is 3.98. The van der Waals surface area contributed by atoms with Crippen LogP contribution in [0.3, 0.4) is 0 Å². The predicted octanol–water partition coefficient (Wildman–Crippen LogP) is 3.59. The van der Waals surface area contributed by atoms with E-state index in [1.165, 1.54) is 5.56 Å². The molecule has 1 aliphatic carbocycles. The molecule has 0 saturated heterocycles. The van der Waals surface area contributed by atoms with Crippen molar-refractivity contribution < 1.29 is 4.79 Å². The van der Waals surface area contributed by atoms with Gasteiger partial charge >= 0.3 is 0 Å². The number of rotatable bonds is 4. The van der Waals surface area contributed by atoms with Gasteiger partial charge in [0, 0.05) is 16.5 Å². The van der Waals surface area contributed by atoms with Crippen molar-refractivity contribution in [1.29, 1.82) is 0 Å². The van der Waals surface area contributed by atoms with Crippen molar-refractivity contribution in [3.8, 4) is 0 Å². The SMILES string of the molecule is O=C(N/N=C/c1ccccc1Cl)[C@H]1C[C@@H]1c1ccccc1. The maximum Gasteiger partial charge on any atom is 0.243 e. The van der Waals surface area contributed by atoms with Crippen molar-refractivity contribution in [3.05, 3.63) is 70.7 Å². The number of benzene rings is 2. The molecule has 0 spiro atoms. The standard InChI is InChI=1S/C17H15ClN2O/c18-16-9-5-4-8-13(16)11-19-20-17(21)15-10-14(15)12-6-2-1-3-7-12/h1-9,11,14-15H,10H2,(H,20,21)/b19-11+/t14-,15+/m1/s1. The van der Waals surface area contributed by atoms with Crippen LogP contribution in [0, 0.1) is 5.92 Å². The van der Waals surface area contributed by atoms with Crippen molar-refractivity contribution in [1.82, 2.24) is 5.43 Å². The summed E-state index contributed by atoms with van der Waals surface area (Å²) in [5.74, 6) is 0.310. The number of carbonyl (C=O) groups is 1. The Morgan fingerprint density at radius 3 is 2.62 bits per heavy atom. The van der Waals surface area contributed by atoms with Gasteiger partial charge in [0.25, 0.3) is 0 Å². The first kappa shape index (κ1) is 13.8. The first-order valence-electron chi connectivity index (χ1n) is 6.88. The van der Waals surface area contributed by atoms with E-state index >= 15 is 0 Å². The molecule has 0 radical (unpaired) electrons. The number of hydrogen-bond donors (Lipinski definition) is 1. The summed E-state index contributed by atoms with van der Waals surface area (Å²) in [7, 11) is 0. The minimum atomic E-state index is -0.0350. The fraction of sp³-hybridized carbons (Fsp3) is 0.176. The summed E-state index contributed by atoms with van der Waals surface area (Å²) >= 11 is 6.01. The summed E-state index contributed by atoms with van der Waals surface area (Å²) in [4.78, 5) is 12.0. The number of nitrogens with one attached hydrogen (secondary N) is 1. The fourth-order valence-electron chi connectivity index (χ4n) is 2.38. The molecule has 1 amide bonds. The average Bonchev–Trinajstić information content (AvgIpc) is 3.31. The number of halogens is 1. The summed E-state index contributed by atoms with van der Waals surface area (Å²) in [6.45, 7) is 0. The van der Waals surface area contributed by atoms with E-state index < -0.39 is 0 Å². The number of carbonyl (C=O) groups excluding carboxylic acids is 1. The van der Waals surface area contributed by atoms with Gasteiger partial charge in [-0.3, -0.25) is 4.79 Å². The molecule has 21 heavy (non-hydrogen) atoms. The number of hydrazone groups is 1. The van der Waals surface area contributed by atoms with Crippen LogP contribution in [0.15, 0.2) is 59.7 Å². The van der Waals surface area contributed by atoms with Crippen LogP contribution in [0.25, 0.3) is 0 Å². The van der Waals surface area contributed by atoms with Gasteiger partial charge in [-0.2, -0.15) is 5.10 Å². The van der Waals surface area contributed by atoms with E-state index in [2.05, 4.69) is 22.7 Å². The highest BCUT2D eigenvalue weighted by Crippen LogP contribution is 2.47. The summed E-state index contributed by atoms with van der Waals surface area (Å²) in [5, 5.41) is 4.60. The zero-order valence-electron chi connectivity index (χ0n) is 11.4. The number of nitrogens with zero attached hydrogens (tertiary/aromatic N) is 1. The summed E-state index contributed by atoms with van der Waals surface area (Å²) in [5.41, 5.74) is 4.59. The highest BCUT2D eigenvalue weighted by molar-refractivity contribution is 6.33. The zero-order chi connectivity index (χ0) is 14.7. The van der Waals surface area contributed by atoms with Gasteiger partial charge in [0.05, 0.1) is 6.21 Å². The molecule has 2 aromatic carbocycles. The van der Waals surface area contributed by atoms with Crippen LogP contribution in [0.4, 0.5) is 0 Å². The van der Waals surface area contributed by atoms with Gasteiger partial charge < -0.3 is 0 Å². The largest absolute Gasteiger partial charge is 0.273 e. The Hall–Kier alpha value is -2.13. The van der Waals surface area contributed by atoms with Gasteiger partial charge in [-0.05, 0) is 24.0 Å². The van der Waals surface area contributed by atoms with Crippen LogP contribution < -0.4 is 5.43 Å². The summed E-state index contributed by atoms with van der Waals surface area (Å²) in [6.07, 6.45) is 2.46. The van der Waals surface area contributed by atoms with E-state index in [1.54, 1.807) is 12.3 Å². The Kier molecular flexibility index (Phi) is 4.02. The minimum Gasteiger partial charge on any atom is -0.273 e. The molecule has 2 atom stereocenters. The predicted molar refractivity (Wildman–Crippen MR) is 84.5 cm³/mol. The highest BCUT2D eigenvalue weighted by Gasteiger charge is 2.43. The lowest BCUT2D eigenvalue weighted by Crippen LogP contribution is -2.20. The third-order valence-electron chi connectivity index (χ3n) is 3.64. The van der Waals surface area contributed by atoms with Crippen molar-refractivity contribution in [2.24, 2.45) is 11.0 Å². The van der Waals surface area contributed by atoms with Crippen molar-refractivity contribution in [2.45, 2.75) is 12.3 Å². The molecule has 0 aromatic heterocycles. The second-order valence-electron chi connectivity index (χ2n) is 5.12. The van der Waals surface area contributed by atoms with Gasteiger partial charge in [-0.25, -0.2) is 5.43 Å². The van der Waals surface area contributed by atoms with Crippen molar-refractivity contribution >= 4 is 23.7 Å². The highest BCUT2D eigenvalue weighted by atomic mass is 35.5. The first-order valence-corrected chi connectivity index (χ1v) is 7.26. The van der Waals surface area contributed by atoms with Gasteiger partial charge in [0.15, 0.2) is 0 Å². The molecule has 0 unspecified atom stereocenters. The third kappa shape index (κ3) is 3.31. The number of amides is 1. The number of hydrogen-bond acceptors (Lipinski definition) is 2. The van der Waals surface area contributed by atoms with E-state index in [9.17, 15) is 4.79 Å². The molecule has 1 aliphatic rings. The van der Waals surface area contributed by atoms with Crippen LogP contribution >= 0.6 is 11.6 Å². The molecule has 3 rings (SSSR count). The Morgan fingerprint density at radius 1 is 1.14 bits per heavy atom.